The second-order valence-electron chi connectivity index (χ2n) is 6.51. The Kier molecular flexibility index (Phi) is 5.54. The molecule has 1 aliphatic carbocycles. The smallest absolute Gasteiger partial charge is 0.0898 e. The first-order valence-corrected chi connectivity index (χ1v) is 7.40. The van der Waals surface area contributed by atoms with Crippen molar-refractivity contribution in [3.05, 3.63) is 53.6 Å². The molecule has 2 rings (SSSR count). The highest BCUT2D eigenvalue weighted by Crippen LogP contribution is 2.32. The van der Waals surface area contributed by atoms with Crippen molar-refractivity contribution in [2.75, 3.05) is 0 Å². The Morgan fingerprint density at radius 2 is 1.76 bits per heavy atom. The van der Waals surface area contributed by atoms with E-state index >= 15 is 0 Å². The number of allylic oxidation sites excluding steroid dienone is 2. The Hall–Kier alpha value is -1.38. The lowest BCUT2D eigenvalue weighted by molar-refractivity contribution is 0.318. The van der Waals surface area contributed by atoms with Gasteiger partial charge in [0.1, 0.15) is 0 Å². The van der Waals surface area contributed by atoms with Crippen molar-refractivity contribution in [2.45, 2.75) is 46.7 Å². The third-order valence-electron chi connectivity index (χ3n) is 4.09. The van der Waals surface area contributed by atoms with Crippen LogP contribution in [0.2, 0.25) is 0 Å². The third-order valence-corrected chi connectivity index (χ3v) is 4.09. The Bertz CT molecular complexity index is 536. The first-order chi connectivity index (χ1) is 9.31. The first kappa shape index (κ1) is 17.7. The molecule has 116 valence electrons. The van der Waals surface area contributed by atoms with Gasteiger partial charge in [-0.05, 0) is 34.6 Å². The molecule has 1 unspecified atom stereocenters. The summed E-state index contributed by atoms with van der Waals surface area (Å²) in [6, 6.07) is 8.71. The topological polar surface area (TPSA) is 52.0 Å². The van der Waals surface area contributed by atoms with Crippen LogP contribution in [0.25, 0.3) is 5.57 Å². The molecular formula is C19H30N2. The molecule has 1 atom stereocenters. The van der Waals surface area contributed by atoms with Crippen LogP contribution >= 0.6 is 0 Å². The summed E-state index contributed by atoms with van der Waals surface area (Å²) in [5.41, 5.74) is 15.5. The average molecular weight is 286 g/mol. The van der Waals surface area contributed by atoms with Gasteiger partial charge in [-0.25, -0.2) is 0 Å². The molecule has 1 aromatic rings. The van der Waals surface area contributed by atoms with E-state index < -0.39 is 5.66 Å². The molecule has 0 bridgehead atoms. The SMILES string of the molecule is C.CC(C)c1cccc(C2=CC(C(C)C)C(N)(N)C=C2)c1. The van der Waals surface area contributed by atoms with Gasteiger partial charge in [0, 0.05) is 5.92 Å². The van der Waals surface area contributed by atoms with Crippen LogP contribution in [0.3, 0.4) is 0 Å². The number of nitrogens with two attached hydrogens (primary N) is 2. The predicted molar refractivity (Wildman–Crippen MR) is 93.8 cm³/mol. The van der Waals surface area contributed by atoms with Crippen LogP contribution in [-0.4, -0.2) is 5.66 Å². The van der Waals surface area contributed by atoms with Gasteiger partial charge in [0.25, 0.3) is 0 Å². The minimum Gasteiger partial charge on any atom is -0.310 e. The standard InChI is InChI=1S/C18H26N2.CH4/c1-12(2)14-6-5-7-15(10-14)16-8-9-18(19,20)17(11-16)13(3)4;/h5-13,17H,19-20H2,1-4H3;1H4. The minimum atomic E-state index is -0.743. The molecule has 0 fully saturated rings. The lowest BCUT2D eigenvalue weighted by atomic mass is 9.78. The summed E-state index contributed by atoms with van der Waals surface area (Å²) >= 11 is 0. The van der Waals surface area contributed by atoms with E-state index in [1.165, 1.54) is 16.7 Å². The van der Waals surface area contributed by atoms with Gasteiger partial charge in [-0.2, -0.15) is 0 Å². The zero-order valence-electron chi connectivity index (χ0n) is 12.9. The fraction of sp³-hybridized carbons (Fsp3) is 0.474. The summed E-state index contributed by atoms with van der Waals surface area (Å²) in [5, 5.41) is 0. The largest absolute Gasteiger partial charge is 0.310 e. The lowest BCUT2D eigenvalue weighted by Crippen LogP contribution is -2.55. The number of benzene rings is 1. The van der Waals surface area contributed by atoms with Gasteiger partial charge in [0.2, 0.25) is 0 Å². The zero-order chi connectivity index (χ0) is 14.9. The van der Waals surface area contributed by atoms with Crippen molar-refractivity contribution < 1.29 is 0 Å². The second-order valence-corrected chi connectivity index (χ2v) is 6.51. The normalized spacial score (nSPS) is 20.4. The van der Waals surface area contributed by atoms with Gasteiger partial charge >= 0.3 is 0 Å². The van der Waals surface area contributed by atoms with Crippen molar-refractivity contribution in [1.29, 1.82) is 0 Å². The van der Waals surface area contributed by atoms with E-state index in [9.17, 15) is 0 Å². The molecule has 21 heavy (non-hydrogen) atoms. The van der Waals surface area contributed by atoms with E-state index in [1.807, 2.05) is 6.08 Å². The van der Waals surface area contributed by atoms with Gasteiger partial charge in [-0.3, -0.25) is 0 Å². The maximum Gasteiger partial charge on any atom is 0.0898 e. The fourth-order valence-corrected chi connectivity index (χ4v) is 2.78. The number of hydrogen-bond donors (Lipinski definition) is 2. The van der Waals surface area contributed by atoms with E-state index in [0.29, 0.717) is 11.8 Å². The Morgan fingerprint density at radius 1 is 1.10 bits per heavy atom. The molecule has 0 spiro atoms. The van der Waals surface area contributed by atoms with Gasteiger partial charge in [-0.1, -0.05) is 71.5 Å². The Labute approximate surface area is 129 Å². The Balaban J connectivity index is 0.00000220. The number of hydrogen-bond acceptors (Lipinski definition) is 2. The van der Waals surface area contributed by atoms with Gasteiger partial charge < -0.3 is 11.5 Å². The highest BCUT2D eigenvalue weighted by molar-refractivity contribution is 5.76. The second kappa shape index (κ2) is 6.59. The molecule has 2 heteroatoms. The van der Waals surface area contributed by atoms with Crippen LogP contribution in [0.4, 0.5) is 0 Å². The summed E-state index contributed by atoms with van der Waals surface area (Å²) in [6.45, 7) is 8.76. The molecule has 2 nitrogen and oxygen atoms in total. The highest BCUT2D eigenvalue weighted by Gasteiger charge is 2.31. The molecule has 0 saturated carbocycles. The number of rotatable bonds is 3. The monoisotopic (exact) mass is 286 g/mol. The molecule has 0 radical (unpaired) electrons. The molecular weight excluding hydrogens is 256 g/mol. The van der Waals surface area contributed by atoms with Crippen molar-refractivity contribution in [3.63, 3.8) is 0 Å². The van der Waals surface area contributed by atoms with E-state index in [1.54, 1.807) is 0 Å². The van der Waals surface area contributed by atoms with E-state index in [-0.39, 0.29) is 13.3 Å². The molecule has 0 saturated heterocycles. The van der Waals surface area contributed by atoms with Gasteiger partial charge in [0.05, 0.1) is 5.66 Å². The molecule has 0 amide bonds. The quantitative estimate of drug-likeness (QED) is 0.815. The average Bonchev–Trinajstić information content (AvgIpc) is 2.38. The third kappa shape index (κ3) is 3.84. The maximum absolute atomic E-state index is 6.19. The van der Waals surface area contributed by atoms with Gasteiger partial charge in [-0.15, -0.1) is 0 Å². The van der Waals surface area contributed by atoms with Crippen molar-refractivity contribution in [3.8, 4) is 0 Å². The van der Waals surface area contributed by atoms with Crippen molar-refractivity contribution >= 4 is 5.57 Å². The summed E-state index contributed by atoms with van der Waals surface area (Å²) in [5.74, 6) is 1.11. The first-order valence-electron chi connectivity index (χ1n) is 7.40. The Morgan fingerprint density at radius 3 is 2.33 bits per heavy atom. The summed E-state index contributed by atoms with van der Waals surface area (Å²) in [6.07, 6.45) is 6.22. The van der Waals surface area contributed by atoms with E-state index in [2.05, 4.69) is 64.1 Å². The fourth-order valence-electron chi connectivity index (χ4n) is 2.78. The molecule has 0 aromatic heterocycles. The van der Waals surface area contributed by atoms with Crippen LogP contribution in [0.5, 0.6) is 0 Å². The molecule has 0 aliphatic heterocycles. The van der Waals surface area contributed by atoms with Gasteiger partial charge in [0.15, 0.2) is 0 Å². The van der Waals surface area contributed by atoms with Crippen LogP contribution < -0.4 is 11.5 Å². The zero-order valence-corrected chi connectivity index (χ0v) is 12.9. The molecule has 1 aromatic carbocycles. The minimum absolute atomic E-state index is 0. The van der Waals surface area contributed by atoms with Crippen LogP contribution in [0.1, 0.15) is 52.2 Å². The highest BCUT2D eigenvalue weighted by atomic mass is 15.0. The van der Waals surface area contributed by atoms with Crippen molar-refractivity contribution in [1.82, 2.24) is 0 Å². The lowest BCUT2D eigenvalue weighted by Gasteiger charge is -2.35. The summed E-state index contributed by atoms with van der Waals surface area (Å²) in [4.78, 5) is 0. The van der Waals surface area contributed by atoms with Crippen LogP contribution in [-0.2, 0) is 0 Å². The van der Waals surface area contributed by atoms with Crippen molar-refractivity contribution in [2.24, 2.45) is 23.3 Å². The van der Waals surface area contributed by atoms with E-state index in [4.69, 9.17) is 11.5 Å². The molecule has 0 heterocycles. The molecule has 4 N–H and O–H groups in total. The summed E-state index contributed by atoms with van der Waals surface area (Å²) < 4.78 is 0. The summed E-state index contributed by atoms with van der Waals surface area (Å²) in [7, 11) is 0. The predicted octanol–water partition coefficient (Wildman–Crippen LogP) is 4.29. The van der Waals surface area contributed by atoms with Crippen LogP contribution in [0.15, 0.2) is 42.5 Å². The maximum atomic E-state index is 6.19. The van der Waals surface area contributed by atoms with E-state index in [0.717, 1.165) is 0 Å². The molecule has 1 aliphatic rings. The van der Waals surface area contributed by atoms with Crippen LogP contribution in [0, 0.1) is 11.8 Å².